The van der Waals surface area contributed by atoms with Crippen LogP contribution in [0, 0.1) is 0 Å². The van der Waals surface area contributed by atoms with Crippen LogP contribution in [-0.4, -0.2) is 34.7 Å². The Labute approximate surface area is 125 Å². The van der Waals surface area contributed by atoms with Crippen molar-refractivity contribution in [2.24, 2.45) is 0 Å². The Kier molecular flexibility index (Phi) is 2.93. The lowest BCUT2D eigenvalue weighted by atomic mass is 10.2. The van der Waals surface area contributed by atoms with Gasteiger partial charge in [-0.15, -0.1) is 4.80 Å². The number of pyridine rings is 2. The molecule has 0 N–H and O–H groups in total. The third kappa shape index (κ3) is 2.24. The van der Waals surface area contributed by atoms with E-state index in [-0.39, 0.29) is 0 Å². The molecule has 0 aliphatic rings. The van der Waals surface area contributed by atoms with Gasteiger partial charge >= 0.3 is 0 Å². The van der Waals surface area contributed by atoms with Crippen LogP contribution >= 0.6 is 0 Å². The molecular weight excluding hydrogens is 278 g/mol. The molecule has 0 spiro atoms. The van der Waals surface area contributed by atoms with Crippen LogP contribution in [0.3, 0.4) is 0 Å². The maximum absolute atomic E-state index is 4.56. The highest BCUT2D eigenvalue weighted by Crippen LogP contribution is 2.18. The number of nitrogens with zero attached hydrogens (tertiary/aromatic N) is 7. The molecule has 4 aromatic rings. The number of aromatic nitrogens is 7. The highest BCUT2D eigenvalue weighted by Gasteiger charge is 2.07. The molecule has 0 aromatic carbocycles. The average Bonchev–Trinajstić information content (AvgIpc) is 3.28. The van der Waals surface area contributed by atoms with Crippen LogP contribution < -0.4 is 0 Å². The Balaban J connectivity index is 1.71. The number of hydrogen-bond donors (Lipinski definition) is 0. The quantitative estimate of drug-likeness (QED) is 0.576. The van der Waals surface area contributed by atoms with E-state index in [9.17, 15) is 0 Å². The SMILES string of the molecule is c1cncc(-n2cc(-c3cccc(-n4nccn4)n3)cn2)c1. The standard InChI is InChI=1S/C15H11N7/c1-4-14(20-15(5-1)22-17-7-8-18-22)12-9-19-21(11-12)13-3-2-6-16-10-13/h1-11H. The molecule has 0 saturated carbocycles. The summed E-state index contributed by atoms with van der Waals surface area (Å²) in [6.07, 6.45) is 10.4. The van der Waals surface area contributed by atoms with Gasteiger partial charge in [0.2, 0.25) is 0 Å². The second-order valence-electron chi connectivity index (χ2n) is 4.58. The molecule has 22 heavy (non-hydrogen) atoms. The van der Waals surface area contributed by atoms with Crippen molar-refractivity contribution >= 4 is 0 Å². The predicted molar refractivity (Wildman–Crippen MR) is 79.5 cm³/mol. The second kappa shape index (κ2) is 5.21. The summed E-state index contributed by atoms with van der Waals surface area (Å²) in [5.74, 6) is 0.664. The van der Waals surface area contributed by atoms with Crippen molar-refractivity contribution in [3.63, 3.8) is 0 Å². The average molecular weight is 289 g/mol. The van der Waals surface area contributed by atoms with Gasteiger partial charge in [0, 0.05) is 18.0 Å². The minimum Gasteiger partial charge on any atom is -0.262 e. The Hall–Kier alpha value is -3.35. The molecule has 4 aromatic heterocycles. The lowest BCUT2D eigenvalue weighted by molar-refractivity contribution is 0.730. The molecule has 0 atom stereocenters. The van der Waals surface area contributed by atoms with Crippen LogP contribution in [0.1, 0.15) is 0 Å². The molecule has 7 nitrogen and oxygen atoms in total. The van der Waals surface area contributed by atoms with Crippen molar-refractivity contribution in [2.75, 3.05) is 0 Å². The van der Waals surface area contributed by atoms with Gasteiger partial charge < -0.3 is 0 Å². The van der Waals surface area contributed by atoms with E-state index in [1.165, 1.54) is 4.80 Å². The maximum atomic E-state index is 4.56. The van der Waals surface area contributed by atoms with Crippen LogP contribution in [0.25, 0.3) is 22.8 Å². The van der Waals surface area contributed by atoms with Crippen LogP contribution in [0.4, 0.5) is 0 Å². The summed E-state index contributed by atoms with van der Waals surface area (Å²) in [6, 6.07) is 9.52. The van der Waals surface area contributed by atoms with E-state index in [0.29, 0.717) is 5.82 Å². The third-order valence-corrected chi connectivity index (χ3v) is 3.15. The topological polar surface area (TPSA) is 74.3 Å². The highest BCUT2D eigenvalue weighted by molar-refractivity contribution is 5.58. The normalized spacial score (nSPS) is 10.7. The smallest absolute Gasteiger partial charge is 0.174 e. The molecule has 0 fully saturated rings. The first-order valence-electron chi connectivity index (χ1n) is 6.69. The molecule has 0 amide bonds. The summed E-state index contributed by atoms with van der Waals surface area (Å²) < 4.78 is 1.77. The van der Waals surface area contributed by atoms with E-state index in [1.54, 1.807) is 35.7 Å². The van der Waals surface area contributed by atoms with Crippen molar-refractivity contribution in [3.8, 4) is 22.8 Å². The van der Waals surface area contributed by atoms with Crippen molar-refractivity contribution in [3.05, 3.63) is 67.5 Å². The van der Waals surface area contributed by atoms with Gasteiger partial charge in [-0.2, -0.15) is 15.3 Å². The van der Waals surface area contributed by atoms with Gasteiger partial charge in [-0.1, -0.05) is 6.07 Å². The molecule has 4 heterocycles. The molecule has 0 aliphatic carbocycles. The zero-order valence-electron chi connectivity index (χ0n) is 11.5. The van der Waals surface area contributed by atoms with Crippen LogP contribution in [0.15, 0.2) is 67.5 Å². The minimum absolute atomic E-state index is 0.664. The van der Waals surface area contributed by atoms with Crippen molar-refractivity contribution < 1.29 is 0 Å². The molecule has 0 aliphatic heterocycles. The molecule has 0 saturated heterocycles. The second-order valence-corrected chi connectivity index (χ2v) is 4.58. The molecule has 7 heteroatoms. The number of rotatable bonds is 3. The van der Waals surface area contributed by atoms with Gasteiger partial charge in [0.15, 0.2) is 5.82 Å². The van der Waals surface area contributed by atoms with Crippen LogP contribution in [0.5, 0.6) is 0 Å². The van der Waals surface area contributed by atoms with E-state index in [0.717, 1.165) is 16.9 Å². The largest absolute Gasteiger partial charge is 0.262 e. The molecule has 0 bridgehead atoms. The van der Waals surface area contributed by atoms with E-state index >= 15 is 0 Å². The molecule has 4 rings (SSSR count). The maximum Gasteiger partial charge on any atom is 0.174 e. The first-order chi connectivity index (χ1) is 10.9. The van der Waals surface area contributed by atoms with Gasteiger partial charge in [0.05, 0.1) is 36.2 Å². The third-order valence-electron chi connectivity index (χ3n) is 3.15. The van der Waals surface area contributed by atoms with Gasteiger partial charge in [0.25, 0.3) is 0 Å². The monoisotopic (exact) mass is 289 g/mol. The summed E-state index contributed by atoms with van der Waals surface area (Å²) in [5, 5.41) is 12.5. The van der Waals surface area contributed by atoms with Crippen molar-refractivity contribution in [1.29, 1.82) is 0 Å². The summed E-state index contributed by atoms with van der Waals surface area (Å²) in [5.41, 5.74) is 2.63. The van der Waals surface area contributed by atoms with E-state index < -0.39 is 0 Å². The van der Waals surface area contributed by atoms with Gasteiger partial charge in [-0.05, 0) is 24.3 Å². The zero-order chi connectivity index (χ0) is 14.8. The fourth-order valence-corrected chi connectivity index (χ4v) is 2.12. The predicted octanol–water partition coefficient (Wildman–Crippen LogP) is 1.91. The molecular formula is C15H11N7. The van der Waals surface area contributed by atoms with Gasteiger partial charge in [-0.25, -0.2) is 9.67 Å². The van der Waals surface area contributed by atoms with E-state index in [4.69, 9.17) is 0 Å². The first-order valence-corrected chi connectivity index (χ1v) is 6.69. The summed E-state index contributed by atoms with van der Waals surface area (Å²) in [6.45, 7) is 0. The van der Waals surface area contributed by atoms with E-state index in [2.05, 4.69) is 25.3 Å². The number of hydrogen-bond acceptors (Lipinski definition) is 5. The van der Waals surface area contributed by atoms with E-state index in [1.807, 2.05) is 36.5 Å². The fraction of sp³-hybridized carbons (Fsp3) is 0. The molecule has 106 valence electrons. The molecule has 0 radical (unpaired) electrons. The Morgan fingerprint density at radius 3 is 2.55 bits per heavy atom. The zero-order valence-corrected chi connectivity index (χ0v) is 11.5. The summed E-state index contributed by atoms with van der Waals surface area (Å²) in [7, 11) is 0. The van der Waals surface area contributed by atoms with Crippen molar-refractivity contribution in [2.45, 2.75) is 0 Å². The molecule has 0 unspecified atom stereocenters. The van der Waals surface area contributed by atoms with Crippen LogP contribution in [0.2, 0.25) is 0 Å². The summed E-state index contributed by atoms with van der Waals surface area (Å²) >= 11 is 0. The first kappa shape index (κ1) is 12.4. The summed E-state index contributed by atoms with van der Waals surface area (Å²) in [4.78, 5) is 10.1. The van der Waals surface area contributed by atoms with Gasteiger partial charge in [0.1, 0.15) is 0 Å². The fourth-order valence-electron chi connectivity index (χ4n) is 2.12. The lowest BCUT2D eigenvalue weighted by Gasteiger charge is -2.01. The van der Waals surface area contributed by atoms with Gasteiger partial charge in [-0.3, -0.25) is 4.98 Å². The minimum atomic E-state index is 0.664. The Morgan fingerprint density at radius 1 is 0.818 bits per heavy atom. The highest BCUT2D eigenvalue weighted by atomic mass is 15.5. The van der Waals surface area contributed by atoms with Crippen molar-refractivity contribution in [1.82, 2.24) is 34.7 Å². The Morgan fingerprint density at radius 2 is 1.73 bits per heavy atom. The lowest BCUT2D eigenvalue weighted by Crippen LogP contribution is -2.01. The Bertz CT molecular complexity index is 881. The van der Waals surface area contributed by atoms with Crippen LogP contribution in [-0.2, 0) is 0 Å².